The van der Waals surface area contributed by atoms with E-state index in [1.165, 1.54) is 11.1 Å². The first-order chi connectivity index (χ1) is 16.0. The first-order valence-electron chi connectivity index (χ1n) is 10.7. The fourth-order valence-corrected chi connectivity index (χ4v) is 4.10. The lowest BCUT2D eigenvalue weighted by molar-refractivity contribution is 0.0995. The quantitative estimate of drug-likeness (QED) is 0.409. The molecular weight excluding hydrogens is 412 g/mol. The number of aromatic nitrogens is 3. The molecule has 0 aliphatic carbocycles. The number of methoxy groups -OCH3 is 1. The monoisotopic (exact) mass is 436 g/mol. The Labute approximate surface area is 191 Å². The number of hydrogen-bond donors (Lipinski definition) is 1. The standard InChI is InChI=1S/C27H24N4O2/c1-18-15-25(27(28)32)29-31(18)23-9-12-26-22(16-23)13-14-30(26)17-19-3-5-20(6-4-19)21-7-10-24(33-2)11-8-21/h3-16H,17H2,1-2H3,(H2,28,32). The van der Waals surface area contributed by atoms with Crippen molar-refractivity contribution >= 4 is 16.8 Å². The lowest BCUT2D eigenvalue weighted by Crippen LogP contribution is -2.12. The smallest absolute Gasteiger partial charge is 0.269 e. The summed E-state index contributed by atoms with van der Waals surface area (Å²) >= 11 is 0. The summed E-state index contributed by atoms with van der Waals surface area (Å²) in [7, 11) is 1.67. The molecule has 33 heavy (non-hydrogen) atoms. The maximum Gasteiger partial charge on any atom is 0.269 e. The van der Waals surface area contributed by atoms with Crippen molar-refractivity contribution in [3.8, 4) is 22.6 Å². The summed E-state index contributed by atoms with van der Waals surface area (Å²) in [5.74, 6) is 0.330. The molecule has 0 saturated heterocycles. The van der Waals surface area contributed by atoms with Gasteiger partial charge in [-0.2, -0.15) is 5.10 Å². The van der Waals surface area contributed by atoms with Gasteiger partial charge in [-0.05, 0) is 66.1 Å². The van der Waals surface area contributed by atoms with Crippen LogP contribution in [0.4, 0.5) is 0 Å². The Kier molecular flexibility index (Phi) is 5.18. The van der Waals surface area contributed by atoms with Gasteiger partial charge in [0, 0.05) is 29.3 Å². The number of hydrogen-bond acceptors (Lipinski definition) is 3. The fourth-order valence-electron chi connectivity index (χ4n) is 4.10. The Bertz CT molecular complexity index is 1440. The molecule has 0 radical (unpaired) electrons. The first kappa shape index (κ1) is 20.6. The van der Waals surface area contributed by atoms with Crippen LogP contribution in [0.3, 0.4) is 0 Å². The summed E-state index contributed by atoms with van der Waals surface area (Å²) in [6, 6.07) is 26.7. The molecule has 6 heteroatoms. The van der Waals surface area contributed by atoms with Crippen molar-refractivity contribution in [2.24, 2.45) is 5.73 Å². The Balaban J connectivity index is 1.38. The third-order valence-electron chi connectivity index (χ3n) is 5.87. The van der Waals surface area contributed by atoms with Crippen molar-refractivity contribution < 1.29 is 9.53 Å². The van der Waals surface area contributed by atoms with Crippen LogP contribution in [0.5, 0.6) is 5.75 Å². The van der Waals surface area contributed by atoms with Gasteiger partial charge in [0.15, 0.2) is 5.69 Å². The minimum Gasteiger partial charge on any atom is -0.497 e. The van der Waals surface area contributed by atoms with E-state index in [4.69, 9.17) is 10.5 Å². The van der Waals surface area contributed by atoms with E-state index in [1.807, 2.05) is 25.1 Å². The van der Waals surface area contributed by atoms with Gasteiger partial charge in [-0.1, -0.05) is 36.4 Å². The Morgan fingerprint density at radius 3 is 2.27 bits per heavy atom. The number of amides is 1. The van der Waals surface area contributed by atoms with E-state index in [0.717, 1.165) is 40.1 Å². The zero-order chi connectivity index (χ0) is 22.9. The SMILES string of the molecule is COc1ccc(-c2ccc(Cn3ccc4cc(-n5nc(C(N)=O)cc5C)ccc43)cc2)cc1. The molecular formula is C27H24N4O2. The lowest BCUT2D eigenvalue weighted by Gasteiger charge is -2.09. The molecule has 0 bridgehead atoms. The van der Waals surface area contributed by atoms with Crippen molar-refractivity contribution in [3.05, 3.63) is 102 Å². The molecule has 0 atom stereocenters. The number of nitrogens with zero attached hydrogens (tertiary/aromatic N) is 3. The van der Waals surface area contributed by atoms with Gasteiger partial charge in [0.1, 0.15) is 5.75 Å². The average Bonchev–Trinajstić information content (AvgIpc) is 3.43. The van der Waals surface area contributed by atoms with Crippen LogP contribution in [0.2, 0.25) is 0 Å². The van der Waals surface area contributed by atoms with E-state index in [0.29, 0.717) is 0 Å². The molecule has 0 saturated carbocycles. The number of carbonyl (C=O) groups is 1. The average molecular weight is 437 g/mol. The van der Waals surface area contributed by atoms with Crippen LogP contribution in [-0.4, -0.2) is 27.4 Å². The third-order valence-corrected chi connectivity index (χ3v) is 5.87. The molecule has 3 aromatic carbocycles. The highest BCUT2D eigenvalue weighted by atomic mass is 16.5. The van der Waals surface area contributed by atoms with E-state index in [2.05, 4.69) is 70.5 Å². The van der Waals surface area contributed by atoms with Gasteiger partial charge in [-0.15, -0.1) is 0 Å². The summed E-state index contributed by atoms with van der Waals surface area (Å²) < 4.78 is 9.21. The molecule has 2 aromatic heterocycles. The number of rotatable bonds is 6. The predicted molar refractivity (Wildman–Crippen MR) is 130 cm³/mol. The topological polar surface area (TPSA) is 75.1 Å². The van der Waals surface area contributed by atoms with Gasteiger partial charge in [-0.3, -0.25) is 4.79 Å². The van der Waals surface area contributed by atoms with Gasteiger partial charge < -0.3 is 15.0 Å². The second-order valence-electron chi connectivity index (χ2n) is 8.06. The van der Waals surface area contributed by atoms with Crippen LogP contribution in [-0.2, 0) is 6.54 Å². The van der Waals surface area contributed by atoms with E-state index >= 15 is 0 Å². The summed E-state index contributed by atoms with van der Waals surface area (Å²) in [5, 5.41) is 5.44. The Hall–Kier alpha value is -4.32. The van der Waals surface area contributed by atoms with Gasteiger partial charge in [0.2, 0.25) is 0 Å². The van der Waals surface area contributed by atoms with E-state index in [9.17, 15) is 4.79 Å². The van der Waals surface area contributed by atoms with Crippen LogP contribution < -0.4 is 10.5 Å². The first-order valence-corrected chi connectivity index (χ1v) is 10.7. The summed E-state index contributed by atoms with van der Waals surface area (Å²) in [6.45, 7) is 2.68. The Morgan fingerprint density at radius 1 is 0.939 bits per heavy atom. The second-order valence-corrected chi connectivity index (χ2v) is 8.06. The molecule has 0 aliphatic rings. The molecule has 2 N–H and O–H groups in total. The number of nitrogens with two attached hydrogens (primary N) is 1. The van der Waals surface area contributed by atoms with Gasteiger partial charge >= 0.3 is 0 Å². The number of ether oxygens (including phenoxy) is 1. The van der Waals surface area contributed by atoms with E-state index in [1.54, 1.807) is 17.9 Å². The number of carbonyl (C=O) groups excluding carboxylic acids is 1. The highest BCUT2D eigenvalue weighted by molar-refractivity contribution is 5.91. The molecule has 5 rings (SSSR count). The van der Waals surface area contributed by atoms with Crippen molar-refractivity contribution in [2.75, 3.05) is 7.11 Å². The highest BCUT2D eigenvalue weighted by Gasteiger charge is 2.11. The summed E-state index contributed by atoms with van der Waals surface area (Å²) in [5.41, 5.74) is 12.1. The molecule has 164 valence electrons. The number of primary amides is 1. The maximum absolute atomic E-state index is 11.5. The predicted octanol–water partition coefficient (Wildman–Crippen LogP) is 4.96. The van der Waals surface area contributed by atoms with Gasteiger partial charge in [0.25, 0.3) is 5.91 Å². The van der Waals surface area contributed by atoms with Crippen LogP contribution in [0.25, 0.3) is 27.7 Å². The molecule has 5 aromatic rings. The highest BCUT2D eigenvalue weighted by Crippen LogP contribution is 2.25. The number of fused-ring (bicyclic) bond motifs is 1. The van der Waals surface area contributed by atoms with Gasteiger partial charge in [0.05, 0.1) is 12.8 Å². The molecule has 0 aliphatic heterocycles. The van der Waals surface area contributed by atoms with Gasteiger partial charge in [-0.25, -0.2) is 4.68 Å². The van der Waals surface area contributed by atoms with Crippen LogP contribution >= 0.6 is 0 Å². The molecule has 6 nitrogen and oxygen atoms in total. The Morgan fingerprint density at radius 2 is 1.64 bits per heavy atom. The normalized spacial score (nSPS) is 11.1. The second kappa shape index (κ2) is 8.31. The molecule has 0 fully saturated rings. The number of aryl methyl sites for hydroxylation is 1. The molecule has 0 spiro atoms. The van der Waals surface area contributed by atoms with E-state index in [-0.39, 0.29) is 5.69 Å². The molecule has 0 unspecified atom stereocenters. The maximum atomic E-state index is 11.5. The van der Waals surface area contributed by atoms with Crippen LogP contribution in [0.15, 0.2) is 85.1 Å². The molecule has 1 amide bonds. The van der Waals surface area contributed by atoms with E-state index < -0.39 is 5.91 Å². The minimum absolute atomic E-state index is 0.267. The summed E-state index contributed by atoms with van der Waals surface area (Å²) in [6.07, 6.45) is 2.09. The van der Waals surface area contributed by atoms with Crippen molar-refractivity contribution in [1.29, 1.82) is 0 Å². The van der Waals surface area contributed by atoms with Crippen molar-refractivity contribution in [1.82, 2.24) is 14.3 Å². The number of benzene rings is 3. The van der Waals surface area contributed by atoms with Crippen LogP contribution in [0.1, 0.15) is 21.7 Å². The molecule has 2 heterocycles. The largest absolute Gasteiger partial charge is 0.497 e. The third kappa shape index (κ3) is 3.99. The summed E-state index contributed by atoms with van der Waals surface area (Å²) in [4.78, 5) is 11.5. The van der Waals surface area contributed by atoms with Crippen molar-refractivity contribution in [3.63, 3.8) is 0 Å². The zero-order valence-electron chi connectivity index (χ0n) is 18.5. The fraction of sp³-hybridized carbons (Fsp3) is 0.111. The lowest BCUT2D eigenvalue weighted by atomic mass is 10.0. The minimum atomic E-state index is -0.526. The zero-order valence-corrected chi connectivity index (χ0v) is 18.5. The van der Waals surface area contributed by atoms with Crippen LogP contribution in [0, 0.1) is 6.92 Å². The van der Waals surface area contributed by atoms with Crippen molar-refractivity contribution in [2.45, 2.75) is 13.5 Å².